The number of rotatable bonds is 4. The van der Waals surface area contributed by atoms with Gasteiger partial charge in [-0.1, -0.05) is 42.5 Å². The number of carbonyl (C=O) groups excluding carboxylic acids is 2. The van der Waals surface area contributed by atoms with Gasteiger partial charge in [-0.05, 0) is 47.9 Å². The zero-order chi connectivity index (χ0) is 21.8. The number of carbonyl (C=O) groups is 2. The van der Waals surface area contributed by atoms with Crippen LogP contribution in [0.5, 0.6) is 11.5 Å². The lowest BCUT2D eigenvalue weighted by atomic mass is 10.0. The molecule has 158 valence electrons. The average molecular weight is 416 g/mol. The fourth-order valence-electron chi connectivity index (χ4n) is 3.80. The lowest BCUT2D eigenvalue weighted by Crippen LogP contribution is -2.50. The van der Waals surface area contributed by atoms with Crippen molar-refractivity contribution in [1.82, 2.24) is 9.80 Å². The molecule has 0 atom stereocenters. The van der Waals surface area contributed by atoms with E-state index < -0.39 is 0 Å². The van der Waals surface area contributed by atoms with Crippen molar-refractivity contribution in [3.05, 3.63) is 95.1 Å². The highest BCUT2D eigenvalue weighted by Gasteiger charge is 2.27. The maximum absolute atomic E-state index is 13.0. The summed E-state index contributed by atoms with van der Waals surface area (Å²) in [6.07, 6.45) is 0.674. The summed E-state index contributed by atoms with van der Waals surface area (Å²) in [4.78, 5) is 29.0. The summed E-state index contributed by atoms with van der Waals surface area (Å²) in [7, 11) is 0. The van der Waals surface area contributed by atoms with E-state index in [2.05, 4.69) is 0 Å². The number of hydrogen-bond acceptors (Lipinski definition) is 4. The molecule has 1 heterocycles. The van der Waals surface area contributed by atoms with Crippen molar-refractivity contribution in [2.24, 2.45) is 0 Å². The Kier molecular flexibility index (Phi) is 5.89. The van der Waals surface area contributed by atoms with E-state index in [1.54, 1.807) is 34.1 Å². The molecule has 2 N–H and O–H groups in total. The Morgan fingerprint density at radius 2 is 1.39 bits per heavy atom. The van der Waals surface area contributed by atoms with Gasteiger partial charge in [-0.25, -0.2) is 0 Å². The summed E-state index contributed by atoms with van der Waals surface area (Å²) in [5.41, 5.74) is 2.78. The molecule has 6 nitrogen and oxygen atoms in total. The Balaban J connectivity index is 1.42. The Morgan fingerprint density at radius 1 is 0.710 bits per heavy atom. The maximum atomic E-state index is 13.0. The second-order valence-corrected chi connectivity index (χ2v) is 7.65. The van der Waals surface area contributed by atoms with Gasteiger partial charge in [0.1, 0.15) is 11.5 Å². The van der Waals surface area contributed by atoms with E-state index in [0.29, 0.717) is 38.2 Å². The number of piperazine rings is 1. The number of nitrogens with zero attached hydrogens (tertiary/aromatic N) is 2. The molecule has 0 unspecified atom stereocenters. The number of phenolic OH excluding ortho intramolecular Hbond substituents is 2. The highest BCUT2D eigenvalue weighted by Crippen LogP contribution is 2.23. The first-order valence-corrected chi connectivity index (χ1v) is 10.2. The van der Waals surface area contributed by atoms with Crippen LogP contribution in [-0.2, 0) is 6.42 Å². The monoisotopic (exact) mass is 416 g/mol. The second-order valence-electron chi connectivity index (χ2n) is 7.65. The molecule has 1 aliphatic heterocycles. The summed E-state index contributed by atoms with van der Waals surface area (Å²) in [5, 5.41) is 19.9. The lowest BCUT2D eigenvalue weighted by molar-refractivity contribution is 0.0533. The van der Waals surface area contributed by atoms with Crippen molar-refractivity contribution in [2.45, 2.75) is 6.42 Å². The fraction of sp³-hybridized carbons (Fsp3) is 0.200. The smallest absolute Gasteiger partial charge is 0.257 e. The Hall–Kier alpha value is -3.80. The van der Waals surface area contributed by atoms with E-state index in [1.807, 2.05) is 36.4 Å². The number of hydrogen-bond donors (Lipinski definition) is 2. The van der Waals surface area contributed by atoms with Crippen molar-refractivity contribution >= 4 is 11.8 Å². The fourth-order valence-corrected chi connectivity index (χ4v) is 3.80. The Morgan fingerprint density at radius 3 is 2.06 bits per heavy atom. The molecule has 4 rings (SSSR count). The molecule has 3 aromatic carbocycles. The maximum Gasteiger partial charge on any atom is 0.257 e. The first kappa shape index (κ1) is 20.5. The van der Waals surface area contributed by atoms with Crippen LogP contribution in [-0.4, -0.2) is 58.0 Å². The van der Waals surface area contributed by atoms with Crippen LogP contribution in [0.1, 0.15) is 31.8 Å². The third kappa shape index (κ3) is 4.69. The van der Waals surface area contributed by atoms with Crippen molar-refractivity contribution in [3.8, 4) is 11.5 Å². The van der Waals surface area contributed by atoms with Gasteiger partial charge in [-0.3, -0.25) is 9.59 Å². The van der Waals surface area contributed by atoms with Gasteiger partial charge >= 0.3 is 0 Å². The summed E-state index contributed by atoms with van der Waals surface area (Å²) in [6.45, 7) is 1.55. The van der Waals surface area contributed by atoms with Gasteiger partial charge in [-0.15, -0.1) is 0 Å². The SMILES string of the molecule is O=C(c1cccc(O)c1)N1CCN(C(=O)c2cc(Cc3ccccc3)ccc2O)CC1. The van der Waals surface area contributed by atoms with Crippen molar-refractivity contribution in [2.75, 3.05) is 26.2 Å². The highest BCUT2D eigenvalue weighted by atomic mass is 16.3. The van der Waals surface area contributed by atoms with Gasteiger partial charge in [0, 0.05) is 31.7 Å². The molecule has 1 saturated heterocycles. The summed E-state index contributed by atoms with van der Waals surface area (Å²) in [6, 6.07) is 21.3. The molecule has 0 saturated carbocycles. The molecule has 2 amide bonds. The van der Waals surface area contributed by atoms with Gasteiger partial charge in [0.15, 0.2) is 0 Å². The van der Waals surface area contributed by atoms with Crippen LogP contribution in [0.4, 0.5) is 0 Å². The van der Waals surface area contributed by atoms with Crippen LogP contribution < -0.4 is 0 Å². The standard InChI is InChI=1S/C25H24N2O4/c28-21-8-4-7-20(17-21)24(30)26-11-13-27(14-12-26)25(31)22-16-19(9-10-23(22)29)15-18-5-2-1-3-6-18/h1-10,16-17,28-29H,11-15H2. The van der Waals surface area contributed by atoms with E-state index in [1.165, 1.54) is 12.1 Å². The van der Waals surface area contributed by atoms with Crippen molar-refractivity contribution < 1.29 is 19.8 Å². The third-order valence-electron chi connectivity index (χ3n) is 5.49. The van der Waals surface area contributed by atoms with Gasteiger partial charge in [0.05, 0.1) is 5.56 Å². The number of benzene rings is 3. The molecule has 1 fully saturated rings. The first-order chi connectivity index (χ1) is 15.0. The average Bonchev–Trinajstić information content (AvgIpc) is 2.80. The molecule has 0 aromatic heterocycles. The van der Waals surface area contributed by atoms with Gasteiger partial charge in [0.2, 0.25) is 0 Å². The predicted octanol–water partition coefficient (Wildman–Crippen LogP) is 3.29. The van der Waals surface area contributed by atoms with Crippen LogP contribution in [0, 0.1) is 0 Å². The molecule has 0 aliphatic carbocycles. The van der Waals surface area contributed by atoms with Crippen molar-refractivity contribution in [3.63, 3.8) is 0 Å². The molecule has 0 radical (unpaired) electrons. The largest absolute Gasteiger partial charge is 0.508 e. The summed E-state index contributed by atoms with van der Waals surface area (Å²) in [5.74, 6) is -0.404. The van der Waals surface area contributed by atoms with Gasteiger partial charge in [0.25, 0.3) is 11.8 Å². The highest BCUT2D eigenvalue weighted by molar-refractivity contribution is 5.98. The minimum atomic E-state index is -0.239. The van der Waals surface area contributed by atoms with Crippen molar-refractivity contribution in [1.29, 1.82) is 0 Å². The second kappa shape index (κ2) is 8.92. The molecule has 3 aromatic rings. The molecule has 6 heteroatoms. The van der Waals surface area contributed by atoms with Crippen LogP contribution in [0.3, 0.4) is 0 Å². The van der Waals surface area contributed by atoms with Crippen LogP contribution in [0.2, 0.25) is 0 Å². The summed E-state index contributed by atoms with van der Waals surface area (Å²) < 4.78 is 0. The zero-order valence-electron chi connectivity index (χ0n) is 17.1. The molecular weight excluding hydrogens is 392 g/mol. The minimum Gasteiger partial charge on any atom is -0.508 e. The minimum absolute atomic E-state index is 0.0416. The number of aromatic hydroxyl groups is 2. The number of amides is 2. The van der Waals surface area contributed by atoms with E-state index in [0.717, 1.165) is 11.1 Å². The number of phenols is 2. The predicted molar refractivity (Wildman–Crippen MR) is 117 cm³/mol. The topological polar surface area (TPSA) is 81.1 Å². The van der Waals surface area contributed by atoms with E-state index >= 15 is 0 Å². The zero-order valence-corrected chi connectivity index (χ0v) is 17.1. The molecule has 1 aliphatic rings. The normalized spacial score (nSPS) is 13.8. The van der Waals surface area contributed by atoms with Crippen LogP contribution >= 0.6 is 0 Å². The molecular formula is C25H24N2O4. The van der Waals surface area contributed by atoms with Crippen LogP contribution in [0.15, 0.2) is 72.8 Å². The molecule has 31 heavy (non-hydrogen) atoms. The van der Waals surface area contributed by atoms with E-state index in [4.69, 9.17) is 0 Å². The Bertz CT molecular complexity index is 1090. The van der Waals surface area contributed by atoms with Crippen LogP contribution in [0.25, 0.3) is 0 Å². The molecule has 0 bridgehead atoms. The molecule has 0 spiro atoms. The van der Waals surface area contributed by atoms with Gasteiger partial charge in [-0.2, -0.15) is 0 Å². The Labute approximate surface area is 181 Å². The van der Waals surface area contributed by atoms with Gasteiger partial charge < -0.3 is 20.0 Å². The third-order valence-corrected chi connectivity index (χ3v) is 5.49. The summed E-state index contributed by atoms with van der Waals surface area (Å²) >= 11 is 0. The lowest BCUT2D eigenvalue weighted by Gasteiger charge is -2.35. The van der Waals surface area contributed by atoms with E-state index in [-0.39, 0.29) is 28.9 Å². The quantitative estimate of drug-likeness (QED) is 0.684. The van der Waals surface area contributed by atoms with E-state index in [9.17, 15) is 19.8 Å². The first-order valence-electron chi connectivity index (χ1n) is 10.2.